The molecule has 2 aliphatic heterocycles. The molecule has 6 rings (SSSR count). The van der Waals surface area contributed by atoms with E-state index in [0.717, 1.165) is 45.1 Å². The molecular weight excluding hydrogens is 472 g/mol. The number of nitrogens with zero attached hydrogens (tertiary/aromatic N) is 2. The number of ketones is 1. The summed E-state index contributed by atoms with van der Waals surface area (Å²) in [4.78, 5) is 17.7. The summed E-state index contributed by atoms with van der Waals surface area (Å²) < 4.78 is 12.0. The van der Waals surface area contributed by atoms with Gasteiger partial charge < -0.3 is 19.3 Å². The van der Waals surface area contributed by atoms with Crippen LogP contribution in [0, 0.1) is 24.7 Å². The molecule has 5 nitrogen and oxygen atoms in total. The standard InChI is InChI=1S/C33H24N2O3/c1-3-23-7-5-9-29(15-23)34-19-27-17-25(11-13-31(27)37-21-34)33(36)26-12-14-32-28(18-26)20-35(22-38-32)30-10-6-8-24(4-2)16-30/h1-2,5-18H,19-22H2. The normalized spacial score (nSPS) is 13.7. The molecule has 2 aliphatic rings. The van der Waals surface area contributed by atoms with Crippen molar-refractivity contribution in [2.75, 3.05) is 23.3 Å². The van der Waals surface area contributed by atoms with Gasteiger partial charge in [-0.1, -0.05) is 24.0 Å². The Labute approximate surface area is 222 Å². The lowest BCUT2D eigenvalue weighted by molar-refractivity contribution is 0.103. The van der Waals surface area contributed by atoms with Crippen LogP contribution in [0.4, 0.5) is 11.4 Å². The van der Waals surface area contributed by atoms with E-state index in [4.69, 9.17) is 22.3 Å². The average Bonchev–Trinajstić information content (AvgIpc) is 2.99. The summed E-state index contributed by atoms with van der Waals surface area (Å²) >= 11 is 0. The van der Waals surface area contributed by atoms with Crippen molar-refractivity contribution in [3.8, 4) is 36.2 Å². The molecule has 0 spiro atoms. The Bertz CT molecular complexity index is 1520. The van der Waals surface area contributed by atoms with Crippen LogP contribution in [-0.2, 0) is 13.1 Å². The van der Waals surface area contributed by atoms with Crippen molar-refractivity contribution < 1.29 is 14.3 Å². The molecular formula is C33H24N2O3. The summed E-state index contributed by atoms with van der Waals surface area (Å²) in [6.45, 7) is 2.07. The van der Waals surface area contributed by atoms with Crippen LogP contribution in [0.1, 0.15) is 38.2 Å². The second kappa shape index (κ2) is 9.73. The maximum absolute atomic E-state index is 13.5. The molecule has 0 amide bonds. The molecule has 0 atom stereocenters. The highest BCUT2D eigenvalue weighted by Crippen LogP contribution is 2.32. The molecule has 0 radical (unpaired) electrons. The summed E-state index contributed by atoms with van der Waals surface area (Å²) in [7, 11) is 0. The largest absolute Gasteiger partial charge is 0.473 e. The number of terminal acetylenes is 2. The lowest BCUT2D eigenvalue weighted by Gasteiger charge is -2.31. The van der Waals surface area contributed by atoms with E-state index in [-0.39, 0.29) is 5.78 Å². The zero-order chi connectivity index (χ0) is 26.1. The first-order valence-corrected chi connectivity index (χ1v) is 12.3. The van der Waals surface area contributed by atoms with Crippen LogP contribution in [0.15, 0.2) is 84.9 Å². The van der Waals surface area contributed by atoms with E-state index >= 15 is 0 Å². The lowest BCUT2D eigenvalue weighted by Crippen LogP contribution is -2.32. The van der Waals surface area contributed by atoms with E-state index in [2.05, 4.69) is 21.6 Å². The van der Waals surface area contributed by atoms with Gasteiger partial charge in [-0.25, -0.2) is 0 Å². The minimum Gasteiger partial charge on any atom is -0.473 e. The Hall–Kier alpha value is -5.13. The fraction of sp³-hybridized carbons (Fsp3) is 0.121. The van der Waals surface area contributed by atoms with Crippen LogP contribution in [0.3, 0.4) is 0 Å². The van der Waals surface area contributed by atoms with Crippen molar-refractivity contribution in [2.24, 2.45) is 0 Å². The molecule has 2 heterocycles. The first-order chi connectivity index (χ1) is 18.6. The molecule has 0 aromatic heterocycles. The van der Waals surface area contributed by atoms with Crippen LogP contribution in [-0.4, -0.2) is 19.2 Å². The highest BCUT2D eigenvalue weighted by Gasteiger charge is 2.23. The molecule has 5 heteroatoms. The first kappa shape index (κ1) is 23.3. The minimum atomic E-state index is -0.0477. The Morgan fingerprint density at radius 3 is 1.58 bits per heavy atom. The number of carbonyl (C=O) groups is 1. The number of fused-ring (bicyclic) bond motifs is 2. The first-order valence-electron chi connectivity index (χ1n) is 12.3. The summed E-state index contributed by atoms with van der Waals surface area (Å²) in [6.07, 6.45) is 11.1. The Morgan fingerprint density at radius 2 is 1.13 bits per heavy atom. The molecule has 184 valence electrons. The summed E-state index contributed by atoms with van der Waals surface area (Å²) in [5.41, 5.74) is 6.73. The number of hydrogen-bond acceptors (Lipinski definition) is 5. The van der Waals surface area contributed by atoms with Crippen LogP contribution in [0.25, 0.3) is 0 Å². The molecule has 0 N–H and O–H groups in total. The minimum absolute atomic E-state index is 0.0477. The van der Waals surface area contributed by atoms with Gasteiger partial charge in [-0.15, -0.1) is 12.8 Å². The summed E-state index contributed by atoms with van der Waals surface area (Å²) in [5.74, 6) is 6.87. The van der Waals surface area contributed by atoms with Crippen LogP contribution < -0.4 is 19.3 Å². The number of carbonyl (C=O) groups excluding carboxylic acids is 1. The smallest absolute Gasteiger partial charge is 0.193 e. The molecule has 4 aromatic rings. The molecule has 0 bridgehead atoms. The summed E-state index contributed by atoms with van der Waals surface area (Å²) in [5, 5.41) is 0. The van der Waals surface area contributed by atoms with E-state index in [1.165, 1.54) is 0 Å². The van der Waals surface area contributed by atoms with E-state index in [9.17, 15) is 4.79 Å². The third kappa shape index (κ3) is 4.43. The quantitative estimate of drug-likeness (QED) is 0.272. The van der Waals surface area contributed by atoms with Crippen molar-refractivity contribution in [2.45, 2.75) is 13.1 Å². The van der Waals surface area contributed by atoms with E-state index in [0.29, 0.717) is 37.7 Å². The third-order valence-electron chi connectivity index (χ3n) is 6.88. The van der Waals surface area contributed by atoms with Crippen molar-refractivity contribution in [3.63, 3.8) is 0 Å². The Morgan fingerprint density at radius 1 is 0.658 bits per heavy atom. The van der Waals surface area contributed by atoms with Gasteiger partial charge in [0.25, 0.3) is 0 Å². The number of anilines is 2. The van der Waals surface area contributed by atoms with Gasteiger partial charge >= 0.3 is 0 Å². The van der Waals surface area contributed by atoms with Crippen molar-refractivity contribution in [1.82, 2.24) is 0 Å². The monoisotopic (exact) mass is 496 g/mol. The molecule has 0 fully saturated rings. The molecule has 0 saturated carbocycles. The van der Waals surface area contributed by atoms with Crippen LogP contribution >= 0.6 is 0 Å². The van der Waals surface area contributed by atoms with Gasteiger partial charge in [0.05, 0.1) is 0 Å². The summed E-state index contributed by atoms with van der Waals surface area (Å²) in [6, 6.07) is 26.8. The zero-order valence-electron chi connectivity index (χ0n) is 20.7. The highest BCUT2D eigenvalue weighted by atomic mass is 16.5. The number of hydrogen-bond donors (Lipinski definition) is 0. The molecule has 0 saturated heterocycles. The van der Waals surface area contributed by atoms with Crippen LogP contribution in [0.5, 0.6) is 11.5 Å². The number of benzene rings is 4. The van der Waals surface area contributed by atoms with Gasteiger partial charge in [-0.2, -0.15) is 0 Å². The van der Waals surface area contributed by atoms with Crippen molar-refractivity contribution in [3.05, 3.63) is 118 Å². The van der Waals surface area contributed by atoms with E-state index in [1.807, 2.05) is 84.9 Å². The van der Waals surface area contributed by atoms with Crippen LogP contribution in [0.2, 0.25) is 0 Å². The second-order valence-corrected chi connectivity index (χ2v) is 9.31. The predicted octanol–water partition coefficient (Wildman–Crippen LogP) is 5.59. The van der Waals surface area contributed by atoms with Gasteiger partial charge in [-0.3, -0.25) is 4.79 Å². The molecule has 4 aromatic carbocycles. The van der Waals surface area contributed by atoms with Crippen molar-refractivity contribution in [1.29, 1.82) is 0 Å². The van der Waals surface area contributed by atoms with E-state index < -0.39 is 0 Å². The maximum atomic E-state index is 13.5. The van der Waals surface area contributed by atoms with Gasteiger partial charge in [-0.05, 0) is 72.8 Å². The van der Waals surface area contributed by atoms with Crippen molar-refractivity contribution >= 4 is 17.2 Å². The second-order valence-electron chi connectivity index (χ2n) is 9.31. The zero-order valence-corrected chi connectivity index (χ0v) is 20.7. The molecule has 0 unspecified atom stereocenters. The molecule has 38 heavy (non-hydrogen) atoms. The Balaban J connectivity index is 1.23. The number of ether oxygens (including phenoxy) is 2. The van der Waals surface area contributed by atoms with Gasteiger partial charge in [0.1, 0.15) is 11.5 Å². The Kier molecular flexibility index (Phi) is 5.96. The van der Waals surface area contributed by atoms with E-state index in [1.54, 1.807) is 0 Å². The average molecular weight is 497 g/mol. The lowest BCUT2D eigenvalue weighted by atomic mass is 9.98. The topological polar surface area (TPSA) is 42.0 Å². The highest BCUT2D eigenvalue weighted by molar-refractivity contribution is 6.09. The van der Waals surface area contributed by atoms with Gasteiger partial charge in [0.15, 0.2) is 19.2 Å². The fourth-order valence-corrected chi connectivity index (χ4v) is 4.85. The molecule has 0 aliphatic carbocycles. The SMILES string of the molecule is C#Cc1cccc(N2COc3ccc(C(=O)c4ccc5c(c4)CN(c4cccc(C#C)c4)CO5)cc3C2)c1. The third-order valence-corrected chi connectivity index (χ3v) is 6.88. The predicted molar refractivity (Wildman–Crippen MR) is 148 cm³/mol. The van der Waals surface area contributed by atoms with Gasteiger partial charge in [0.2, 0.25) is 0 Å². The maximum Gasteiger partial charge on any atom is 0.193 e. The van der Waals surface area contributed by atoms with Gasteiger partial charge in [0, 0.05) is 57.8 Å². The fourth-order valence-electron chi connectivity index (χ4n) is 4.85. The number of rotatable bonds is 4.